The Morgan fingerprint density at radius 3 is 2.63 bits per heavy atom. The molecule has 0 radical (unpaired) electrons. The van der Waals surface area contributed by atoms with Crippen molar-refractivity contribution in [2.75, 3.05) is 12.0 Å². The van der Waals surface area contributed by atoms with Gasteiger partial charge in [0.15, 0.2) is 11.0 Å². The average Bonchev–Trinajstić information content (AvgIpc) is 2.89. The molecule has 27 heavy (non-hydrogen) atoms. The number of carbonyl (C=O) groups excluding carboxylic acids is 3. The van der Waals surface area contributed by atoms with Crippen molar-refractivity contribution < 1.29 is 19.1 Å². The molecule has 138 valence electrons. The molecule has 0 atom stereocenters. The van der Waals surface area contributed by atoms with E-state index in [2.05, 4.69) is 15.4 Å². The molecule has 1 aliphatic heterocycles. The van der Waals surface area contributed by atoms with Crippen LogP contribution in [0, 0.1) is 0 Å². The predicted molar refractivity (Wildman–Crippen MR) is 97.8 cm³/mol. The van der Waals surface area contributed by atoms with Crippen molar-refractivity contribution in [2.45, 2.75) is 23.9 Å². The first-order valence-electron chi connectivity index (χ1n) is 8.10. The first-order valence-corrected chi connectivity index (χ1v) is 8.91. The number of nitrogens with zero attached hydrogens (tertiary/aromatic N) is 3. The first-order chi connectivity index (χ1) is 13.0. The molecular formula is C18H16N4O4S. The minimum atomic E-state index is -0.653. The number of benzene rings is 1. The fourth-order valence-electron chi connectivity index (χ4n) is 2.25. The van der Waals surface area contributed by atoms with Crippen LogP contribution in [0.4, 0.5) is 5.82 Å². The van der Waals surface area contributed by atoms with Crippen molar-refractivity contribution in [3.05, 3.63) is 53.7 Å². The molecule has 0 bridgehead atoms. The summed E-state index contributed by atoms with van der Waals surface area (Å²) in [4.78, 5) is 45.7. The number of ether oxygens (including phenoxy) is 1. The lowest BCUT2D eigenvalue weighted by Gasteiger charge is -2.18. The van der Waals surface area contributed by atoms with E-state index in [1.165, 1.54) is 31.0 Å². The highest BCUT2D eigenvalue weighted by Gasteiger charge is 2.30. The first kappa shape index (κ1) is 18.6. The molecule has 0 spiro atoms. The molecule has 2 heterocycles. The van der Waals surface area contributed by atoms with Crippen LogP contribution in [0.25, 0.3) is 0 Å². The largest absolute Gasteiger partial charge is 0.462 e. The minimum absolute atomic E-state index is 0.0201. The molecule has 0 saturated carbocycles. The van der Waals surface area contributed by atoms with E-state index < -0.39 is 17.8 Å². The van der Waals surface area contributed by atoms with Crippen LogP contribution < -0.4 is 5.43 Å². The van der Waals surface area contributed by atoms with Crippen molar-refractivity contribution in [1.29, 1.82) is 0 Å². The Kier molecular flexibility index (Phi) is 5.51. The number of hydrazine groups is 1. The zero-order chi connectivity index (χ0) is 19.4. The standard InChI is InChI=1S/C18H16N4O4S/c1-3-26-17(25)13-10-19-18(27-12-7-5-4-6-8-12)20-15(13)21-22-14(23)9-11(2)16(22)24/h4-10H,3H2,1-2H3,(H,19,20,21). The Labute approximate surface area is 159 Å². The second-order valence-corrected chi connectivity index (χ2v) is 6.51. The van der Waals surface area contributed by atoms with Crippen LogP contribution in [-0.4, -0.2) is 39.4 Å². The normalized spacial score (nSPS) is 13.6. The van der Waals surface area contributed by atoms with Crippen LogP contribution in [0.1, 0.15) is 24.2 Å². The maximum atomic E-state index is 12.2. The Balaban J connectivity index is 1.92. The maximum Gasteiger partial charge on any atom is 0.343 e. The Morgan fingerprint density at radius 1 is 1.26 bits per heavy atom. The van der Waals surface area contributed by atoms with E-state index in [1.54, 1.807) is 6.92 Å². The van der Waals surface area contributed by atoms with Crippen molar-refractivity contribution >= 4 is 35.4 Å². The average molecular weight is 384 g/mol. The number of rotatable bonds is 6. The highest BCUT2D eigenvalue weighted by molar-refractivity contribution is 7.99. The van der Waals surface area contributed by atoms with Crippen LogP contribution in [0.5, 0.6) is 0 Å². The highest BCUT2D eigenvalue weighted by atomic mass is 32.2. The molecule has 0 saturated heterocycles. The SMILES string of the molecule is CCOC(=O)c1cnc(Sc2ccccc2)nc1NN1C(=O)C=C(C)C1=O. The van der Waals surface area contributed by atoms with Crippen LogP contribution in [-0.2, 0) is 14.3 Å². The second kappa shape index (κ2) is 8.00. The predicted octanol–water partition coefficient (Wildman–Crippen LogP) is 2.45. The van der Waals surface area contributed by atoms with Crippen molar-refractivity contribution in [2.24, 2.45) is 0 Å². The molecule has 8 nitrogen and oxygen atoms in total. The second-order valence-electron chi connectivity index (χ2n) is 5.47. The molecule has 0 aliphatic carbocycles. The van der Waals surface area contributed by atoms with Gasteiger partial charge in [0.25, 0.3) is 11.8 Å². The quantitative estimate of drug-likeness (QED) is 0.460. The molecule has 1 N–H and O–H groups in total. The lowest BCUT2D eigenvalue weighted by atomic mass is 10.3. The summed E-state index contributed by atoms with van der Waals surface area (Å²) in [5.74, 6) is -1.68. The third-order valence-electron chi connectivity index (χ3n) is 3.53. The fraction of sp³-hybridized carbons (Fsp3) is 0.167. The van der Waals surface area contributed by atoms with Gasteiger partial charge < -0.3 is 4.74 Å². The summed E-state index contributed by atoms with van der Waals surface area (Å²) >= 11 is 1.28. The van der Waals surface area contributed by atoms with Gasteiger partial charge in [0.05, 0.1) is 6.61 Å². The molecule has 1 aromatic carbocycles. The summed E-state index contributed by atoms with van der Waals surface area (Å²) < 4.78 is 5.00. The number of amides is 2. The van der Waals surface area contributed by atoms with Gasteiger partial charge in [-0.15, -0.1) is 0 Å². The molecule has 1 aromatic heterocycles. The Morgan fingerprint density at radius 2 is 2.00 bits per heavy atom. The fourth-order valence-corrected chi connectivity index (χ4v) is 3.00. The molecule has 2 amide bonds. The number of hydrogen-bond acceptors (Lipinski definition) is 8. The molecule has 0 unspecified atom stereocenters. The lowest BCUT2D eigenvalue weighted by molar-refractivity contribution is -0.135. The van der Waals surface area contributed by atoms with Crippen molar-refractivity contribution in [3.8, 4) is 0 Å². The Hall–Kier alpha value is -3.20. The topological polar surface area (TPSA) is 101 Å². The van der Waals surface area contributed by atoms with E-state index in [0.717, 1.165) is 9.90 Å². The summed E-state index contributed by atoms with van der Waals surface area (Å²) in [6.07, 6.45) is 2.52. The van der Waals surface area contributed by atoms with E-state index in [-0.39, 0.29) is 23.6 Å². The van der Waals surface area contributed by atoms with Gasteiger partial charge in [0, 0.05) is 22.7 Å². The molecule has 1 aliphatic rings. The van der Waals surface area contributed by atoms with Gasteiger partial charge in [-0.2, -0.15) is 5.01 Å². The molecular weight excluding hydrogens is 368 g/mol. The van der Waals surface area contributed by atoms with Crippen LogP contribution in [0.3, 0.4) is 0 Å². The van der Waals surface area contributed by atoms with Crippen molar-refractivity contribution in [1.82, 2.24) is 15.0 Å². The summed E-state index contributed by atoms with van der Waals surface area (Å²) in [7, 11) is 0. The minimum Gasteiger partial charge on any atom is -0.462 e. The van der Waals surface area contributed by atoms with Crippen LogP contribution in [0.15, 0.2) is 58.2 Å². The van der Waals surface area contributed by atoms with E-state index in [9.17, 15) is 14.4 Å². The number of nitrogens with one attached hydrogen (secondary N) is 1. The number of aromatic nitrogens is 2. The van der Waals surface area contributed by atoms with Crippen LogP contribution in [0.2, 0.25) is 0 Å². The number of imide groups is 1. The maximum absolute atomic E-state index is 12.2. The molecule has 2 aromatic rings. The summed E-state index contributed by atoms with van der Waals surface area (Å²) in [5, 5.41) is 1.15. The van der Waals surface area contributed by atoms with E-state index in [0.29, 0.717) is 5.16 Å². The lowest BCUT2D eigenvalue weighted by Crippen LogP contribution is -2.37. The van der Waals surface area contributed by atoms with Gasteiger partial charge in [-0.05, 0) is 37.7 Å². The third kappa shape index (κ3) is 4.14. The highest BCUT2D eigenvalue weighted by Crippen LogP contribution is 2.27. The van der Waals surface area contributed by atoms with Gasteiger partial charge in [0.2, 0.25) is 0 Å². The number of carbonyl (C=O) groups is 3. The Bertz CT molecular complexity index is 930. The molecule has 0 fully saturated rings. The van der Waals surface area contributed by atoms with Gasteiger partial charge in [-0.3, -0.25) is 15.0 Å². The number of anilines is 1. The zero-order valence-corrected chi connectivity index (χ0v) is 15.4. The summed E-state index contributed by atoms with van der Waals surface area (Å²) in [5.41, 5.74) is 2.94. The molecule has 3 rings (SSSR count). The number of hydrogen-bond donors (Lipinski definition) is 1. The monoisotopic (exact) mass is 384 g/mol. The smallest absolute Gasteiger partial charge is 0.343 e. The zero-order valence-electron chi connectivity index (χ0n) is 14.6. The van der Waals surface area contributed by atoms with Gasteiger partial charge in [0.1, 0.15) is 5.56 Å². The van der Waals surface area contributed by atoms with Gasteiger partial charge in [-0.25, -0.2) is 14.8 Å². The van der Waals surface area contributed by atoms with Crippen LogP contribution >= 0.6 is 11.8 Å². The molecule has 9 heteroatoms. The summed E-state index contributed by atoms with van der Waals surface area (Å²) in [6.45, 7) is 3.37. The van der Waals surface area contributed by atoms with Gasteiger partial charge >= 0.3 is 5.97 Å². The van der Waals surface area contributed by atoms with Gasteiger partial charge in [-0.1, -0.05) is 18.2 Å². The summed E-state index contributed by atoms with van der Waals surface area (Å²) in [6, 6.07) is 9.43. The number of esters is 1. The third-order valence-corrected chi connectivity index (χ3v) is 4.42. The van der Waals surface area contributed by atoms with E-state index >= 15 is 0 Å². The van der Waals surface area contributed by atoms with E-state index in [4.69, 9.17) is 4.74 Å². The van der Waals surface area contributed by atoms with Crippen molar-refractivity contribution in [3.63, 3.8) is 0 Å². The van der Waals surface area contributed by atoms with E-state index in [1.807, 2.05) is 30.3 Å².